The molecule has 33 heavy (non-hydrogen) atoms. The molecule has 2 heterocycles. The maximum atomic E-state index is 5.09. The van der Waals surface area contributed by atoms with Crippen molar-refractivity contribution in [2.75, 3.05) is 20.1 Å². The summed E-state index contributed by atoms with van der Waals surface area (Å²) in [5, 5.41) is 3.69. The molecule has 1 aliphatic rings. The first-order chi connectivity index (χ1) is 15.8. The van der Waals surface area contributed by atoms with Gasteiger partial charge in [0.25, 0.3) is 0 Å². The van der Waals surface area contributed by atoms with Crippen molar-refractivity contribution in [1.82, 2.24) is 24.8 Å². The molecule has 1 unspecified atom stereocenters. The van der Waals surface area contributed by atoms with Crippen molar-refractivity contribution in [1.29, 1.82) is 0 Å². The van der Waals surface area contributed by atoms with Crippen LogP contribution in [0.5, 0.6) is 0 Å². The topological polar surface area (TPSA) is 46.0 Å². The van der Waals surface area contributed by atoms with Gasteiger partial charge in [0.2, 0.25) is 0 Å². The number of imidazole rings is 1. The van der Waals surface area contributed by atoms with E-state index in [0.29, 0.717) is 6.04 Å². The van der Waals surface area contributed by atoms with E-state index in [0.717, 1.165) is 56.3 Å². The fourth-order valence-electron chi connectivity index (χ4n) is 5.07. The Morgan fingerprint density at radius 1 is 1.18 bits per heavy atom. The average Bonchev–Trinajstić information content (AvgIpc) is 3.12. The van der Waals surface area contributed by atoms with Gasteiger partial charge in [-0.1, -0.05) is 45.9 Å². The van der Waals surface area contributed by atoms with E-state index in [2.05, 4.69) is 85.9 Å². The van der Waals surface area contributed by atoms with Crippen molar-refractivity contribution in [3.8, 4) is 0 Å². The van der Waals surface area contributed by atoms with Gasteiger partial charge in [0.1, 0.15) is 5.82 Å². The molecule has 4 rings (SSSR count). The summed E-state index contributed by atoms with van der Waals surface area (Å²) in [5.41, 5.74) is 5.11. The van der Waals surface area contributed by atoms with E-state index in [1.54, 1.807) is 0 Å². The third kappa shape index (κ3) is 5.82. The predicted molar refractivity (Wildman–Crippen MR) is 137 cm³/mol. The molecular weight excluding hydrogens is 406 g/mol. The second kappa shape index (κ2) is 10.4. The number of pyridine rings is 1. The Hall–Kier alpha value is -2.24. The predicted octanol–water partition coefficient (Wildman–Crippen LogP) is 5.60. The number of hydrogen-bond acceptors (Lipinski definition) is 4. The summed E-state index contributed by atoms with van der Waals surface area (Å²) >= 11 is 0. The van der Waals surface area contributed by atoms with Gasteiger partial charge in [0.15, 0.2) is 0 Å². The van der Waals surface area contributed by atoms with Gasteiger partial charge in [-0.2, -0.15) is 0 Å². The van der Waals surface area contributed by atoms with Crippen molar-refractivity contribution in [3.63, 3.8) is 0 Å². The van der Waals surface area contributed by atoms with Crippen molar-refractivity contribution < 1.29 is 0 Å². The lowest BCUT2D eigenvalue weighted by molar-refractivity contribution is 0.197. The summed E-state index contributed by atoms with van der Waals surface area (Å²) in [6.07, 6.45) is 6.68. The fraction of sp³-hybridized carbons (Fsp3) is 0.571. The average molecular weight is 448 g/mol. The Kier molecular flexibility index (Phi) is 7.50. The van der Waals surface area contributed by atoms with Gasteiger partial charge in [-0.15, -0.1) is 0 Å². The molecule has 0 radical (unpaired) electrons. The number of aromatic nitrogens is 3. The van der Waals surface area contributed by atoms with Crippen LogP contribution in [0.3, 0.4) is 0 Å². The number of fused-ring (bicyclic) bond motifs is 2. The molecule has 5 heteroatoms. The number of nitrogens with zero attached hydrogens (tertiary/aromatic N) is 4. The molecule has 2 aromatic heterocycles. The summed E-state index contributed by atoms with van der Waals surface area (Å²) in [4.78, 5) is 12.3. The normalized spacial score (nSPS) is 16.6. The Morgan fingerprint density at radius 3 is 2.82 bits per heavy atom. The van der Waals surface area contributed by atoms with Crippen molar-refractivity contribution in [2.24, 2.45) is 11.3 Å². The minimum Gasteiger partial charge on any atom is -0.326 e. The molecule has 0 saturated heterocycles. The van der Waals surface area contributed by atoms with Crippen LogP contribution in [-0.2, 0) is 19.5 Å². The van der Waals surface area contributed by atoms with Gasteiger partial charge in [-0.25, -0.2) is 4.98 Å². The lowest BCUT2D eigenvalue weighted by atomic mass is 9.91. The van der Waals surface area contributed by atoms with Crippen LogP contribution in [0.4, 0.5) is 0 Å². The molecular formula is C28H41N5. The molecule has 0 bridgehead atoms. The van der Waals surface area contributed by atoms with E-state index in [1.807, 2.05) is 6.20 Å². The first-order valence-corrected chi connectivity index (χ1v) is 12.6. The summed E-state index contributed by atoms with van der Waals surface area (Å²) in [5.74, 6) is 1.89. The van der Waals surface area contributed by atoms with Gasteiger partial charge in [-0.05, 0) is 74.4 Å². The first kappa shape index (κ1) is 23.9. The zero-order valence-corrected chi connectivity index (χ0v) is 21.1. The van der Waals surface area contributed by atoms with Gasteiger partial charge in [0, 0.05) is 19.3 Å². The maximum absolute atomic E-state index is 5.09. The molecule has 1 aliphatic carbocycles. The van der Waals surface area contributed by atoms with Gasteiger partial charge in [0.05, 0.1) is 29.3 Å². The van der Waals surface area contributed by atoms with Crippen LogP contribution in [0.1, 0.15) is 70.1 Å². The van der Waals surface area contributed by atoms with E-state index < -0.39 is 0 Å². The van der Waals surface area contributed by atoms with E-state index in [1.165, 1.54) is 29.6 Å². The van der Waals surface area contributed by atoms with Crippen LogP contribution in [0, 0.1) is 11.3 Å². The van der Waals surface area contributed by atoms with Crippen LogP contribution >= 0.6 is 0 Å². The third-order valence-electron chi connectivity index (χ3n) is 6.91. The summed E-state index contributed by atoms with van der Waals surface area (Å²) in [7, 11) is 2.23. The second-order valence-corrected chi connectivity index (χ2v) is 11.0. The number of para-hydroxylation sites is 2. The van der Waals surface area contributed by atoms with Gasteiger partial charge >= 0.3 is 0 Å². The summed E-state index contributed by atoms with van der Waals surface area (Å²) in [6.45, 7) is 13.1. The van der Waals surface area contributed by atoms with Crippen molar-refractivity contribution >= 4 is 11.0 Å². The number of hydrogen-bond donors (Lipinski definition) is 1. The quantitative estimate of drug-likeness (QED) is 0.411. The lowest BCUT2D eigenvalue weighted by Crippen LogP contribution is -2.35. The van der Waals surface area contributed by atoms with Crippen LogP contribution in [-0.4, -0.2) is 39.6 Å². The smallest absolute Gasteiger partial charge is 0.124 e. The molecule has 0 aliphatic heterocycles. The molecule has 5 nitrogen and oxygen atoms in total. The Morgan fingerprint density at radius 2 is 2.00 bits per heavy atom. The van der Waals surface area contributed by atoms with Crippen molar-refractivity contribution in [2.45, 2.75) is 72.5 Å². The van der Waals surface area contributed by atoms with Crippen LogP contribution in [0.2, 0.25) is 0 Å². The molecule has 3 aromatic rings. The van der Waals surface area contributed by atoms with E-state index in [9.17, 15) is 0 Å². The number of rotatable bonds is 10. The standard InChI is InChI=1S/C28H41N5/c1-21(2)15-17-29-19-28(3,4)20-33-24-13-7-6-12-23(24)31-26(33)18-32(5)25-14-8-10-22-11-9-16-30-27(22)25/h6-7,9,11-13,16,21,25,29H,8,10,14-15,17-20H2,1-5H3. The zero-order valence-electron chi connectivity index (χ0n) is 21.1. The van der Waals surface area contributed by atoms with E-state index in [-0.39, 0.29) is 5.41 Å². The van der Waals surface area contributed by atoms with Crippen LogP contribution in [0.15, 0.2) is 42.6 Å². The molecule has 1 N–H and O–H groups in total. The zero-order chi connectivity index (χ0) is 23.4. The minimum absolute atomic E-state index is 0.132. The van der Waals surface area contributed by atoms with Gasteiger partial charge in [-0.3, -0.25) is 9.88 Å². The highest BCUT2D eigenvalue weighted by Gasteiger charge is 2.27. The van der Waals surface area contributed by atoms with Crippen LogP contribution in [0.25, 0.3) is 11.0 Å². The molecule has 0 fully saturated rings. The molecule has 178 valence electrons. The highest BCUT2D eigenvalue weighted by atomic mass is 15.2. The Labute approximate surface area is 199 Å². The molecule has 1 atom stereocenters. The molecule has 0 amide bonds. The SMILES string of the molecule is CC(C)CCNCC(C)(C)Cn1c(CN(C)C2CCCc3cccnc32)nc2ccccc21. The third-order valence-corrected chi connectivity index (χ3v) is 6.91. The fourth-order valence-corrected chi connectivity index (χ4v) is 5.07. The highest BCUT2D eigenvalue weighted by molar-refractivity contribution is 5.75. The monoisotopic (exact) mass is 447 g/mol. The number of nitrogens with one attached hydrogen (secondary N) is 1. The number of benzene rings is 1. The van der Waals surface area contributed by atoms with Crippen molar-refractivity contribution in [3.05, 3.63) is 59.7 Å². The Bertz CT molecular complexity index is 1050. The first-order valence-electron chi connectivity index (χ1n) is 12.6. The largest absolute Gasteiger partial charge is 0.326 e. The summed E-state index contributed by atoms with van der Waals surface area (Å²) < 4.78 is 2.46. The lowest BCUT2D eigenvalue weighted by Gasteiger charge is -2.33. The van der Waals surface area contributed by atoms with E-state index in [4.69, 9.17) is 9.97 Å². The van der Waals surface area contributed by atoms with Gasteiger partial charge < -0.3 is 9.88 Å². The van der Waals surface area contributed by atoms with E-state index >= 15 is 0 Å². The second-order valence-electron chi connectivity index (χ2n) is 11.0. The molecule has 0 spiro atoms. The number of aryl methyl sites for hydroxylation is 1. The Balaban J connectivity index is 1.54. The highest BCUT2D eigenvalue weighted by Crippen LogP contribution is 2.33. The molecule has 1 aromatic carbocycles. The maximum Gasteiger partial charge on any atom is 0.124 e. The minimum atomic E-state index is 0.132. The van der Waals surface area contributed by atoms with Crippen LogP contribution < -0.4 is 5.32 Å². The molecule has 0 saturated carbocycles. The summed E-state index contributed by atoms with van der Waals surface area (Å²) in [6, 6.07) is 13.2.